The standard InChI is InChI=1S/C19H27BrN2O4/c1-19(2,3)26-18(24)21-13-8-10-22(11-9-13)12-15-14(17(23)25-4)6-5-7-16(15)20/h5-7,13H,8-12H2,1-4H3,(H,21,24). The number of benzene rings is 1. The molecule has 0 bridgehead atoms. The number of amides is 1. The molecule has 0 aliphatic carbocycles. The van der Waals surface area contributed by atoms with Gasteiger partial charge >= 0.3 is 12.1 Å². The van der Waals surface area contributed by atoms with Crippen LogP contribution >= 0.6 is 15.9 Å². The molecule has 0 saturated carbocycles. The zero-order chi connectivity index (χ0) is 19.3. The van der Waals surface area contributed by atoms with Crippen LogP contribution < -0.4 is 5.32 Å². The molecule has 144 valence electrons. The van der Waals surface area contributed by atoms with E-state index >= 15 is 0 Å². The Morgan fingerprint density at radius 2 is 1.92 bits per heavy atom. The molecule has 0 aromatic heterocycles. The number of rotatable bonds is 4. The van der Waals surface area contributed by atoms with E-state index in [1.165, 1.54) is 7.11 Å². The highest BCUT2D eigenvalue weighted by Gasteiger charge is 2.25. The number of piperidine rings is 1. The van der Waals surface area contributed by atoms with Crippen LogP contribution in [0.4, 0.5) is 4.79 Å². The van der Waals surface area contributed by atoms with E-state index in [-0.39, 0.29) is 18.1 Å². The van der Waals surface area contributed by atoms with Gasteiger partial charge in [0, 0.05) is 30.1 Å². The quantitative estimate of drug-likeness (QED) is 0.742. The molecule has 2 rings (SSSR count). The third-order valence-corrected chi connectivity index (χ3v) is 4.96. The lowest BCUT2D eigenvalue weighted by Gasteiger charge is -2.33. The maximum Gasteiger partial charge on any atom is 0.407 e. The number of hydrogen-bond donors (Lipinski definition) is 1. The van der Waals surface area contributed by atoms with Crippen molar-refractivity contribution >= 4 is 28.0 Å². The van der Waals surface area contributed by atoms with Crippen molar-refractivity contribution in [2.24, 2.45) is 0 Å². The first-order valence-electron chi connectivity index (χ1n) is 8.77. The number of ether oxygens (including phenoxy) is 2. The van der Waals surface area contributed by atoms with Gasteiger partial charge in [0.2, 0.25) is 0 Å². The van der Waals surface area contributed by atoms with E-state index in [0.717, 1.165) is 36.0 Å². The topological polar surface area (TPSA) is 67.9 Å². The van der Waals surface area contributed by atoms with Crippen molar-refractivity contribution in [3.63, 3.8) is 0 Å². The Morgan fingerprint density at radius 3 is 2.50 bits per heavy atom. The van der Waals surface area contributed by atoms with Gasteiger partial charge in [0.15, 0.2) is 0 Å². The summed E-state index contributed by atoms with van der Waals surface area (Å²) in [6, 6.07) is 5.65. The van der Waals surface area contributed by atoms with Gasteiger partial charge in [-0.05, 0) is 51.3 Å². The molecule has 1 aromatic carbocycles. The summed E-state index contributed by atoms with van der Waals surface area (Å²) in [6.07, 6.45) is 1.32. The highest BCUT2D eigenvalue weighted by molar-refractivity contribution is 9.10. The molecule has 1 aliphatic rings. The fourth-order valence-corrected chi connectivity index (χ4v) is 3.45. The highest BCUT2D eigenvalue weighted by atomic mass is 79.9. The van der Waals surface area contributed by atoms with Gasteiger partial charge in [-0.3, -0.25) is 4.90 Å². The van der Waals surface area contributed by atoms with E-state index in [1.54, 1.807) is 6.07 Å². The summed E-state index contributed by atoms with van der Waals surface area (Å²) >= 11 is 3.54. The third kappa shape index (κ3) is 5.99. The van der Waals surface area contributed by atoms with Gasteiger partial charge in [-0.15, -0.1) is 0 Å². The molecule has 1 aliphatic heterocycles. The summed E-state index contributed by atoms with van der Waals surface area (Å²) in [6.45, 7) is 7.89. The van der Waals surface area contributed by atoms with Crippen LogP contribution in [0.5, 0.6) is 0 Å². The van der Waals surface area contributed by atoms with E-state index in [0.29, 0.717) is 12.1 Å². The Hall–Kier alpha value is -1.60. The largest absolute Gasteiger partial charge is 0.465 e. The first-order chi connectivity index (χ1) is 12.2. The summed E-state index contributed by atoms with van der Waals surface area (Å²) in [7, 11) is 1.39. The normalized spacial score (nSPS) is 16.2. The average molecular weight is 427 g/mol. The minimum absolute atomic E-state index is 0.111. The van der Waals surface area contributed by atoms with Crippen LogP contribution in [0.2, 0.25) is 0 Å². The number of alkyl carbamates (subject to hydrolysis) is 1. The molecule has 6 nitrogen and oxygen atoms in total. The van der Waals surface area contributed by atoms with Gasteiger partial charge < -0.3 is 14.8 Å². The van der Waals surface area contributed by atoms with E-state index < -0.39 is 5.60 Å². The van der Waals surface area contributed by atoms with Crippen LogP contribution in [0, 0.1) is 0 Å². The number of methoxy groups -OCH3 is 1. The Labute approximate surface area is 163 Å². The number of nitrogens with zero attached hydrogens (tertiary/aromatic N) is 1. The minimum Gasteiger partial charge on any atom is -0.465 e. The molecule has 0 spiro atoms. The number of nitrogens with one attached hydrogen (secondary N) is 1. The Morgan fingerprint density at radius 1 is 1.27 bits per heavy atom. The van der Waals surface area contributed by atoms with Crippen molar-refractivity contribution in [1.82, 2.24) is 10.2 Å². The van der Waals surface area contributed by atoms with Crippen LogP contribution in [0.3, 0.4) is 0 Å². The lowest BCUT2D eigenvalue weighted by atomic mass is 10.0. The predicted molar refractivity (Wildman–Crippen MR) is 103 cm³/mol. The molecule has 1 saturated heterocycles. The molecule has 7 heteroatoms. The monoisotopic (exact) mass is 426 g/mol. The minimum atomic E-state index is -0.491. The number of hydrogen-bond acceptors (Lipinski definition) is 5. The second-order valence-electron chi connectivity index (χ2n) is 7.45. The molecule has 1 fully saturated rings. The summed E-state index contributed by atoms with van der Waals surface area (Å²) in [5.74, 6) is -0.331. The van der Waals surface area contributed by atoms with Gasteiger partial charge in [0.05, 0.1) is 12.7 Å². The van der Waals surface area contributed by atoms with E-state index in [2.05, 4.69) is 26.1 Å². The highest BCUT2D eigenvalue weighted by Crippen LogP contribution is 2.25. The lowest BCUT2D eigenvalue weighted by Crippen LogP contribution is -2.46. The second-order valence-corrected chi connectivity index (χ2v) is 8.31. The number of halogens is 1. The average Bonchev–Trinajstić information content (AvgIpc) is 2.56. The van der Waals surface area contributed by atoms with Crippen molar-refractivity contribution in [3.05, 3.63) is 33.8 Å². The fraction of sp³-hybridized carbons (Fsp3) is 0.579. The Bertz CT molecular complexity index is 649. The molecule has 1 aromatic rings. The number of carbonyl (C=O) groups excluding carboxylic acids is 2. The molecule has 1 amide bonds. The number of likely N-dealkylation sites (tertiary alicyclic amines) is 1. The van der Waals surface area contributed by atoms with Crippen LogP contribution in [0.1, 0.15) is 49.5 Å². The smallest absolute Gasteiger partial charge is 0.407 e. The first kappa shape index (κ1) is 20.7. The van der Waals surface area contributed by atoms with Crippen LogP contribution in [0.25, 0.3) is 0 Å². The van der Waals surface area contributed by atoms with Crippen LogP contribution in [-0.4, -0.2) is 48.8 Å². The van der Waals surface area contributed by atoms with Crippen molar-refractivity contribution in [2.75, 3.05) is 20.2 Å². The van der Waals surface area contributed by atoms with Gasteiger partial charge in [-0.25, -0.2) is 9.59 Å². The second kappa shape index (κ2) is 8.86. The predicted octanol–water partition coefficient (Wildman–Crippen LogP) is 3.72. The molecular formula is C19H27BrN2O4. The molecule has 26 heavy (non-hydrogen) atoms. The third-order valence-electron chi connectivity index (χ3n) is 4.21. The zero-order valence-electron chi connectivity index (χ0n) is 15.8. The Balaban J connectivity index is 1.92. The number of esters is 1. The Kier molecular flexibility index (Phi) is 7.06. The summed E-state index contributed by atoms with van der Waals surface area (Å²) in [5.41, 5.74) is 1.02. The number of carbonyl (C=O) groups is 2. The van der Waals surface area contributed by atoms with E-state index in [4.69, 9.17) is 9.47 Å². The molecule has 1 heterocycles. The molecule has 0 radical (unpaired) electrons. The lowest BCUT2D eigenvalue weighted by molar-refractivity contribution is 0.0475. The van der Waals surface area contributed by atoms with Crippen LogP contribution in [-0.2, 0) is 16.0 Å². The van der Waals surface area contributed by atoms with Gasteiger partial charge in [-0.1, -0.05) is 22.0 Å². The molecular weight excluding hydrogens is 400 g/mol. The maximum atomic E-state index is 12.0. The summed E-state index contributed by atoms with van der Waals surface area (Å²) in [5, 5.41) is 2.94. The van der Waals surface area contributed by atoms with Gasteiger partial charge in [0.1, 0.15) is 5.60 Å². The maximum absolute atomic E-state index is 12.0. The molecule has 0 unspecified atom stereocenters. The first-order valence-corrected chi connectivity index (χ1v) is 9.56. The fourth-order valence-electron chi connectivity index (χ4n) is 2.95. The SMILES string of the molecule is COC(=O)c1cccc(Br)c1CN1CCC(NC(=O)OC(C)(C)C)CC1. The van der Waals surface area contributed by atoms with Gasteiger partial charge in [0.25, 0.3) is 0 Å². The van der Waals surface area contributed by atoms with Crippen LogP contribution in [0.15, 0.2) is 22.7 Å². The van der Waals surface area contributed by atoms with Crippen molar-refractivity contribution in [1.29, 1.82) is 0 Å². The van der Waals surface area contributed by atoms with E-state index in [1.807, 2.05) is 32.9 Å². The molecule has 1 N–H and O–H groups in total. The molecule has 0 atom stereocenters. The van der Waals surface area contributed by atoms with Crippen molar-refractivity contribution in [2.45, 2.75) is 51.8 Å². The zero-order valence-corrected chi connectivity index (χ0v) is 17.4. The summed E-state index contributed by atoms with van der Waals surface area (Å²) < 4.78 is 11.1. The van der Waals surface area contributed by atoms with E-state index in [9.17, 15) is 9.59 Å². The summed E-state index contributed by atoms with van der Waals surface area (Å²) in [4.78, 5) is 26.2. The van der Waals surface area contributed by atoms with Crippen molar-refractivity contribution < 1.29 is 19.1 Å². The van der Waals surface area contributed by atoms with Gasteiger partial charge in [-0.2, -0.15) is 0 Å². The van der Waals surface area contributed by atoms with Crippen molar-refractivity contribution in [3.8, 4) is 0 Å².